The summed E-state index contributed by atoms with van der Waals surface area (Å²) >= 11 is 0. The van der Waals surface area contributed by atoms with Crippen molar-refractivity contribution >= 4 is 5.78 Å². The topological polar surface area (TPSA) is 17.1 Å². The van der Waals surface area contributed by atoms with Crippen LogP contribution in [-0.4, -0.2) is 5.78 Å². The van der Waals surface area contributed by atoms with Crippen LogP contribution in [0.5, 0.6) is 0 Å². The highest BCUT2D eigenvalue weighted by Gasteiger charge is 2.17. The molecule has 0 spiro atoms. The Hall–Kier alpha value is -1.11. The summed E-state index contributed by atoms with van der Waals surface area (Å²) < 4.78 is 0. The van der Waals surface area contributed by atoms with Crippen molar-refractivity contribution in [2.24, 2.45) is 5.92 Å². The molecule has 0 saturated heterocycles. The van der Waals surface area contributed by atoms with Crippen LogP contribution in [0.1, 0.15) is 72.6 Å². The van der Waals surface area contributed by atoms with Crippen molar-refractivity contribution in [2.75, 3.05) is 0 Å². The lowest BCUT2D eigenvalue weighted by Gasteiger charge is -2.19. The van der Waals surface area contributed by atoms with E-state index in [9.17, 15) is 4.79 Å². The van der Waals surface area contributed by atoms with Crippen molar-refractivity contribution in [3.63, 3.8) is 0 Å². The zero-order valence-corrected chi connectivity index (χ0v) is 13.7. The molecule has 0 aliphatic heterocycles. The Balaban J connectivity index is 2.27. The quantitative estimate of drug-likeness (QED) is 0.538. The number of ketones is 1. The molecule has 0 aromatic carbocycles. The van der Waals surface area contributed by atoms with Crippen molar-refractivity contribution in [1.82, 2.24) is 0 Å². The molecule has 1 atom stereocenters. The maximum atomic E-state index is 11.3. The van der Waals surface area contributed by atoms with E-state index in [-0.39, 0.29) is 0 Å². The fourth-order valence-corrected chi connectivity index (χ4v) is 2.68. The second kappa shape index (κ2) is 8.94. The van der Waals surface area contributed by atoms with Gasteiger partial charge in [0.1, 0.15) is 5.78 Å². The second-order valence-electron chi connectivity index (χ2n) is 6.35. The van der Waals surface area contributed by atoms with E-state index in [0.29, 0.717) is 11.7 Å². The molecule has 1 heteroatoms. The maximum Gasteiger partial charge on any atom is 0.133 e. The van der Waals surface area contributed by atoms with Crippen molar-refractivity contribution in [1.29, 1.82) is 0 Å². The second-order valence-corrected chi connectivity index (χ2v) is 6.35. The Labute approximate surface area is 124 Å². The minimum atomic E-state index is 0.292. The average molecular weight is 274 g/mol. The average Bonchev–Trinajstić information content (AvgIpc) is 2.39. The van der Waals surface area contributed by atoms with E-state index in [2.05, 4.69) is 39.0 Å². The monoisotopic (exact) mass is 274 g/mol. The van der Waals surface area contributed by atoms with Crippen molar-refractivity contribution in [3.05, 3.63) is 34.9 Å². The zero-order chi connectivity index (χ0) is 15.0. The molecule has 0 aromatic rings. The van der Waals surface area contributed by atoms with Gasteiger partial charge in [-0.1, -0.05) is 34.9 Å². The van der Waals surface area contributed by atoms with Gasteiger partial charge >= 0.3 is 0 Å². The lowest BCUT2D eigenvalue weighted by molar-refractivity contribution is -0.120. The van der Waals surface area contributed by atoms with Gasteiger partial charge < -0.3 is 0 Å². The SMILES string of the molecule is CC(=O)C1CC=C(CCC=C(C)CCC=C(C)C)CC1. The van der Waals surface area contributed by atoms with Gasteiger partial charge in [0.2, 0.25) is 0 Å². The third kappa shape index (κ3) is 6.88. The van der Waals surface area contributed by atoms with Gasteiger partial charge in [-0.2, -0.15) is 0 Å². The minimum absolute atomic E-state index is 0.292. The van der Waals surface area contributed by atoms with Crippen LogP contribution in [0.3, 0.4) is 0 Å². The van der Waals surface area contributed by atoms with Crippen molar-refractivity contribution in [3.8, 4) is 0 Å². The Morgan fingerprint density at radius 3 is 2.50 bits per heavy atom. The Bertz CT molecular complexity index is 405. The number of carbonyl (C=O) groups is 1. The predicted octanol–water partition coefficient (Wildman–Crippen LogP) is 5.77. The van der Waals surface area contributed by atoms with Crippen LogP contribution in [0.15, 0.2) is 34.9 Å². The van der Waals surface area contributed by atoms with Crippen molar-refractivity contribution < 1.29 is 4.79 Å². The number of rotatable bonds is 7. The standard InChI is InChI=1S/C19H30O/c1-15(2)7-5-8-16(3)9-6-10-18-11-13-19(14-12-18)17(4)20/h7,9,11,19H,5-6,8,10,12-14H2,1-4H3. The van der Waals surface area contributed by atoms with Gasteiger partial charge in [-0.3, -0.25) is 4.79 Å². The molecule has 1 rings (SSSR count). The third-order valence-corrected chi connectivity index (χ3v) is 4.13. The molecule has 0 heterocycles. The first-order valence-corrected chi connectivity index (χ1v) is 7.96. The summed E-state index contributed by atoms with van der Waals surface area (Å²) in [5, 5.41) is 0. The third-order valence-electron chi connectivity index (χ3n) is 4.13. The van der Waals surface area contributed by atoms with E-state index in [1.165, 1.54) is 24.0 Å². The summed E-state index contributed by atoms with van der Waals surface area (Å²) in [6.45, 7) is 8.27. The van der Waals surface area contributed by atoms with Crippen molar-refractivity contribution in [2.45, 2.75) is 72.6 Å². The van der Waals surface area contributed by atoms with Gasteiger partial charge in [0, 0.05) is 5.92 Å². The van der Waals surface area contributed by atoms with E-state index in [4.69, 9.17) is 0 Å². The lowest BCUT2D eigenvalue weighted by Crippen LogP contribution is -2.13. The molecule has 0 N–H and O–H groups in total. The minimum Gasteiger partial charge on any atom is -0.300 e. The van der Waals surface area contributed by atoms with Gasteiger partial charge in [0.25, 0.3) is 0 Å². The number of hydrogen-bond donors (Lipinski definition) is 0. The predicted molar refractivity (Wildman–Crippen MR) is 87.8 cm³/mol. The summed E-state index contributed by atoms with van der Waals surface area (Å²) in [5.41, 5.74) is 4.46. The molecular formula is C19H30O. The van der Waals surface area contributed by atoms with Crippen LogP contribution in [0, 0.1) is 5.92 Å². The fraction of sp³-hybridized carbons (Fsp3) is 0.632. The highest BCUT2D eigenvalue weighted by Crippen LogP contribution is 2.27. The smallest absolute Gasteiger partial charge is 0.133 e. The zero-order valence-electron chi connectivity index (χ0n) is 13.7. The van der Waals surface area contributed by atoms with E-state index in [0.717, 1.165) is 32.1 Å². The summed E-state index contributed by atoms with van der Waals surface area (Å²) in [7, 11) is 0. The molecule has 0 amide bonds. The first-order chi connectivity index (χ1) is 9.49. The molecule has 0 saturated carbocycles. The number of hydrogen-bond acceptors (Lipinski definition) is 1. The largest absolute Gasteiger partial charge is 0.300 e. The molecule has 1 aliphatic rings. The summed E-state index contributed by atoms with van der Waals surface area (Å²) in [6, 6.07) is 0. The fourth-order valence-electron chi connectivity index (χ4n) is 2.68. The van der Waals surface area contributed by atoms with Crippen LogP contribution >= 0.6 is 0 Å². The molecule has 0 bridgehead atoms. The molecular weight excluding hydrogens is 244 g/mol. The lowest BCUT2D eigenvalue weighted by atomic mass is 9.85. The summed E-state index contributed by atoms with van der Waals surface area (Å²) in [6.07, 6.45) is 14.8. The van der Waals surface area contributed by atoms with Gasteiger partial charge in [0.05, 0.1) is 0 Å². The van der Waals surface area contributed by atoms with Crippen LogP contribution in [0.25, 0.3) is 0 Å². The maximum absolute atomic E-state index is 11.3. The van der Waals surface area contributed by atoms with E-state index in [1.807, 2.05) is 0 Å². The Morgan fingerprint density at radius 1 is 1.20 bits per heavy atom. The van der Waals surface area contributed by atoms with Crippen LogP contribution in [0.2, 0.25) is 0 Å². The van der Waals surface area contributed by atoms with E-state index in [1.54, 1.807) is 12.5 Å². The molecule has 112 valence electrons. The van der Waals surface area contributed by atoms with Crippen LogP contribution in [-0.2, 0) is 4.79 Å². The van der Waals surface area contributed by atoms with Crippen LogP contribution in [0.4, 0.5) is 0 Å². The molecule has 0 radical (unpaired) electrons. The first-order valence-electron chi connectivity index (χ1n) is 7.96. The summed E-state index contributed by atoms with van der Waals surface area (Å²) in [4.78, 5) is 11.3. The molecule has 0 fully saturated rings. The normalized spacial score (nSPS) is 19.5. The first kappa shape index (κ1) is 16.9. The Morgan fingerprint density at radius 2 is 1.95 bits per heavy atom. The number of carbonyl (C=O) groups excluding carboxylic acids is 1. The number of Topliss-reactive ketones (excluding diaryl/α,β-unsaturated/α-hetero) is 1. The highest BCUT2D eigenvalue weighted by molar-refractivity contribution is 5.78. The highest BCUT2D eigenvalue weighted by atomic mass is 16.1. The van der Waals surface area contributed by atoms with E-state index >= 15 is 0 Å². The van der Waals surface area contributed by atoms with Crippen LogP contribution < -0.4 is 0 Å². The van der Waals surface area contributed by atoms with Gasteiger partial charge in [-0.05, 0) is 72.6 Å². The molecule has 0 aromatic heterocycles. The van der Waals surface area contributed by atoms with Gasteiger partial charge in [0.15, 0.2) is 0 Å². The summed E-state index contributed by atoms with van der Waals surface area (Å²) in [5.74, 6) is 0.649. The molecule has 1 nitrogen and oxygen atoms in total. The van der Waals surface area contributed by atoms with Gasteiger partial charge in [-0.15, -0.1) is 0 Å². The Kier molecular flexibility index (Phi) is 7.58. The molecule has 1 unspecified atom stereocenters. The molecule has 1 aliphatic carbocycles. The van der Waals surface area contributed by atoms with Gasteiger partial charge in [-0.25, -0.2) is 0 Å². The van der Waals surface area contributed by atoms with E-state index < -0.39 is 0 Å². The number of allylic oxidation sites excluding steroid dienone is 6. The molecule has 20 heavy (non-hydrogen) atoms.